The lowest BCUT2D eigenvalue weighted by Gasteiger charge is -2.39. The van der Waals surface area contributed by atoms with E-state index in [9.17, 15) is 13.6 Å². The summed E-state index contributed by atoms with van der Waals surface area (Å²) in [4.78, 5) is 13.7. The summed E-state index contributed by atoms with van der Waals surface area (Å²) in [5.41, 5.74) is 1.05. The normalized spacial score (nSPS) is 20.7. The molecule has 1 aromatic rings. The van der Waals surface area contributed by atoms with Crippen LogP contribution < -0.4 is 10.1 Å². The zero-order valence-electron chi connectivity index (χ0n) is 15.9. The number of carbonyl (C=O) groups is 1. The van der Waals surface area contributed by atoms with Crippen molar-refractivity contribution in [1.29, 1.82) is 0 Å². The first-order valence-corrected chi connectivity index (χ1v) is 9.29. The van der Waals surface area contributed by atoms with Crippen molar-refractivity contribution in [1.82, 2.24) is 10.2 Å². The largest absolute Gasteiger partial charge is 0.490 e. The van der Waals surface area contributed by atoms with Gasteiger partial charge in [0.2, 0.25) is 0 Å². The number of rotatable bonds is 6. The molecule has 1 heterocycles. The highest BCUT2D eigenvalue weighted by molar-refractivity contribution is 5.75. The Bertz CT molecular complexity index is 684. The van der Waals surface area contributed by atoms with Crippen molar-refractivity contribution in [3.8, 4) is 5.75 Å². The van der Waals surface area contributed by atoms with Crippen LogP contribution in [0.4, 0.5) is 13.6 Å². The molecule has 1 atom stereocenters. The highest BCUT2D eigenvalue weighted by Gasteiger charge is 2.76. The summed E-state index contributed by atoms with van der Waals surface area (Å²) in [6.07, 6.45) is 0.940. The van der Waals surface area contributed by atoms with Crippen molar-refractivity contribution in [2.75, 3.05) is 13.1 Å². The number of carbonyl (C=O) groups excluding carboxylic acids is 1. The Hall–Kier alpha value is -1.85. The van der Waals surface area contributed by atoms with E-state index in [-0.39, 0.29) is 31.6 Å². The lowest BCUT2D eigenvalue weighted by molar-refractivity contribution is -0.00512. The number of hydrogen-bond acceptors (Lipinski definition) is 2. The number of benzene rings is 1. The van der Waals surface area contributed by atoms with Crippen LogP contribution in [0, 0.1) is 18.3 Å². The second-order valence-corrected chi connectivity index (χ2v) is 8.35. The molecule has 0 bridgehead atoms. The number of halogens is 2. The van der Waals surface area contributed by atoms with Gasteiger partial charge in [-0.3, -0.25) is 0 Å². The Kier molecular flexibility index (Phi) is 4.88. The fraction of sp³-hybridized carbons (Fsp3) is 0.650. The molecule has 26 heavy (non-hydrogen) atoms. The lowest BCUT2D eigenvalue weighted by Crippen LogP contribution is -2.56. The molecule has 3 rings (SSSR count). The Labute approximate surface area is 153 Å². The third kappa shape index (κ3) is 3.79. The Morgan fingerprint density at radius 1 is 1.31 bits per heavy atom. The predicted molar refractivity (Wildman–Crippen MR) is 96.5 cm³/mol. The number of hydrogen-bond donors (Lipinski definition) is 1. The first-order chi connectivity index (χ1) is 12.1. The minimum Gasteiger partial charge on any atom is -0.490 e. The summed E-state index contributed by atoms with van der Waals surface area (Å²) >= 11 is 0. The van der Waals surface area contributed by atoms with E-state index in [2.05, 4.69) is 19.2 Å². The molecule has 1 spiro atoms. The van der Waals surface area contributed by atoms with Gasteiger partial charge in [-0.05, 0) is 37.8 Å². The van der Waals surface area contributed by atoms with E-state index in [1.807, 2.05) is 32.0 Å². The molecule has 2 amide bonds. The number of nitrogens with zero attached hydrogens (tertiary/aromatic N) is 1. The molecule has 1 aliphatic heterocycles. The van der Waals surface area contributed by atoms with Gasteiger partial charge in [0.05, 0.1) is 11.5 Å². The maximum absolute atomic E-state index is 13.2. The van der Waals surface area contributed by atoms with Gasteiger partial charge in [-0.2, -0.15) is 0 Å². The minimum absolute atomic E-state index is 0.0820. The van der Waals surface area contributed by atoms with E-state index < -0.39 is 11.3 Å². The maximum atomic E-state index is 13.2. The molecule has 0 radical (unpaired) electrons. The van der Waals surface area contributed by atoms with Gasteiger partial charge < -0.3 is 15.0 Å². The van der Waals surface area contributed by atoms with Crippen molar-refractivity contribution >= 4 is 6.03 Å². The van der Waals surface area contributed by atoms with Gasteiger partial charge in [-0.15, -0.1) is 0 Å². The summed E-state index contributed by atoms with van der Waals surface area (Å²) in [7, 11) is 0. The first kappa shape index (κ1) is 18.9. The molecule has 6 heteroatoms. The number of ether oxygens (including phenoxy) is 1. The number of nitrogens with one attached hydrogen (secondary N) is 1. The molecule has 0 aromatic heterocycles. The molecule has 1 N–H and O–H groups in total. The highest BCUT2D eigenvalue weighted by Crippen LogP contribution is 2.65. The monoisotopic (exact) mass is 366 g/mol. The summed E-state index contributed by atoms with van der Waals surface area (Å²) in [5.74, 6) is -1.28. The SMILES string of the molecule is Cc1ccc(CNC(=O)N2CC3(C2)CC3(F)F)c(OC(C)CC(C)C)c1. The second kappa shape index (κ2) is 6.71. The molecule has 1 saturated carbocycles. The van der Waals surface area contributed by atoms with E-state index >= 15 is 0 Å². The molecular formula is C20H28F2N2O2. The van der Waals surface area contributed by atoms with Gasteiger partial charge in [0.1, 0.15) is 5.75 Å². The molecule has 1 aliphatic carbocycles. The van der Waals surface area contributed by atoms with Crippen molar-refractivity contribution < 1.29 is 18.3 Å². The summed E-state index contributed by atoms with van der Waals surface area (Å²) < 4.78 is 32.6. The average Bonchev–Trinajstić information content (AvgIpc) is 3.06. The van der Waals surface area contributed by atoms with Crippen LogP contribution in [0.15, 0.2) is 18.2 Å². The van der Waals surface area contributed by atoms with E-state index in [1.54, 1.807) is 0 Å². The van der Waals surface area contributed by atoms with Gasteiger partial charge in [0.25, 0.3) is 5.92 Å². The topological polar surface area (TPSA) is 41.6 Å². The van der Waals surface area contributed by atoms with E-state index in [1.165, 1.54) is 4.90 Å². The first-order valence-electron chi connectivity index (χ1n) is 9.29. The summed E-state index contributed by atoms with van der Waals surface area (Å²) in [6.45, 7) is 8.96. The molecule has 144 valence electrons. The van der Waals surface area contributed by atoms with Crippen LogP contribution in [-0.4, -0.2) is 36.0 Å². The summed E-state index contributed by atoms with van der Waals surface area (Å²) in [5, 5.41) is 2.83. The zero-order valence-corrected chi connectivity index (χ0v) is 15.9. The Balaban J connectivity index is 1.55. The smallest absolute Gasteiger partial charge is 0.317 e. The molecule has 2 aliphatic rings. The third-order valence-corrected chi connectivity index (χ3v) is 5.27. The molecule has 4 nitrogen and oxygen atoms in total. The molecule has 2 fully saturated rings. The van der Waals surface area contributed by atoms with Gasteiger partial charge in [0.15, 0.2) is 0 Å². The maximum Gasteiger partial charge on any atom is 0.317 e. The number of amides is 2. The van der Waals surface area contributed by atoms with Crippen LogP contribution in [0.1, 0.15) is 44.7 Å². The molecule has 1 unspecified atom stereocenters. The second-order valence-electron chi connectivity index (χ2n) is 8.35. The van der Waals surface area contributed by atoms with Crippen LogP contribution in [0.5, 0.6) is 5.75 Å². The standard InChI is InChI=1S/C20H28F2N2O2/c1-13(2)7-15(4)26-17-8-14(3)5-6-16(17)9-23-18(25)24-11-19(12-24)10-20(19,21)22/h5-6,8,13,15H,7,9-12H2,1-4H3,(H,23,25). The van der Waals surface area contributed by atoms with Crippen LogP contribution in [-0.2, 0) is 6.54 Å². The van der Waals surface area contributed by atoms with E-state index in [0.717, 1.165) is 23.3 Å². The Morgan fingerprint density at radius 3 is 2.54 bits per heavy atom. The highest BCUT2D eigenvalue weighted by atomic mass is 19.3. The molecular weight excluding hydrogens is 338 g/mol. The summed E-state index contributed by atoms with van der Waals surface area (Å²) in [6, 6.07) is 5.60. The van der Waals surface area contributed by atoms with Crippen LogP contribution in [0.2, 0.25) is 0 Å². The number of likely N-dealkylation sites (tertiary alicyclic amines) is 1. The van der Waals surface area contributed by atoms with E-state index in [0.29, 0.717) is 12.5 Å². The van der Waals surface area contributed by atoms with Gasteiger partial charge in [0, 0.05) is 31.6 Å². The Morgan fingerprint density at radius 2 is 1.96 bits per heavy atom. The van der Waals surface area contributed by atoms with Crippen molar-refractivity contribution in [2.24, 2.45) is 11.3 Å². The van der Waals surface area contributed by atoms with Crippen LogP contribution in [0.3, 0.4) is 0 Å². The minimum atomic E-state index is -2.59. The predicted octanol–water partition coefficient (Wildman–Crippen LogP) is 4.36. The van der Waals surface area contributed by atoms with Crippen LogP contribution in [0.25, 0.3) is 0 Å². The van der Waals surface area contributed by atoms with E-state index in [4.69, 9.17) is 4.74 Å². The van der Waals surface area contributed by atoms with Gasteiger partial charge in [-0.1, -0.05) is 26.0 Å². The fourth-order valence-electron chi connectivity index (χ4n) is 3.68. The van der Waals surface area contributed by atoms with Crippen LogP contribution >= 0.6 is 0 Å². The molecule has 1 aromatic carbocycles. The lowest BCUT2D eigenvalue weighted by atomic mass is 9.96. The quantitative estimate of drug-likeness (QED) is 0.813. The zero-order chi connectivity index (χ0) is 19.1. The van der Waals surface area contributed by atoms with Gasteiger partial charge >= 0.3 is 6.03 Å². The van der Waals surface area contributed by atoms with Crippen molar-refractivity contribution in [3.05, 3.63) is 29.3 Å². The average molecular weight is 366 g/mol. The number of urea groups is 1. The third-order valence-electron chi connectivity index (χ3n) is 5.27. The van der Waals surface area contributed by atoms with Crippen molar-refractivity contribution in [3.63, 3.8) is 0 Å². The number of alkyl halides is 2. The fourth-order valence-corrected chi connectivity index (χ4v) is 3.68. The number of aryl methyl sites for hydroxylation is 1. The van der Waals surface area contributed by atoms with Gasteiger partial charge in [-0.25, -0.2) is 13.6 Å². The van der Waals surface area contributed by atoms with Crippen molar-refractivity contribution in [2.45, 2.75) is 59.1 Å². The molecule has 1 saturated heterocycles.